The second-order valence-corrected chi connectivity index (χ2v) is 6.04. The Morgan fingerprint density at radius 2 is 2.20 bits per heavy atom. The molecule has 0 bridgehead atoms. The molecule has 0 fully saturated rings. The van der Waals surface area contributed by atoms with Crippen molar-refractivity contribution in [3.63, 3.8) is 0 Å². The summed E-state index contributed by atoms with van der Waals surface area (Å²) in [5.74, 6) is -1.60. The number of benzene rings is 1. The van der Waals surface area contributed by atoms with E-state index in [9.17, 15) is 17.6 Å². The van der Waals surface area contributed by atoms with Gasteiger partial charge in [0, 0.05) is 12.1 Å². The zero-order valence-corrected chi connectivity index (χ0v) is 11.7. The largest absolute Gasteiger partial charge is 0.468 e. The lowest BCUT2D eigenvalue weighted by atomic mass is 10.1. The molecule has 1 N–H and O–H groups in total. The molecule has 0 radical (unpaired) electrons. The van der Waals surface area contributed by atoms with Crippen molar-refractivity contribution in [3.05, 3.63) is 35.1 Å². The predicted molar refractivity (Wildman–Crippen MR) is 68.4 cm³/mol. The summed E-state index contributed by atoms with van der Waals surface area (Å²) >= 11 is 0. The van der Waals surface area contributed by atoms with Crippen molar-refractivity contribution in [1.82, 2.24) is 4.72 Å². The highest BCUT2D eigenvalue weighted by molar-refractivity contribution is 7.90. The first-order chi connectivity index (χ1) is 9.31. The van der Waals surface area contributed by atoms with Crippen LogP contribution in [0.4, 0.5) is 4.39 Å². The molecule has 8 heteroatoms. The van der Waals surface area contributed by atoms with E-state index in [0.29, 0.717) is 0 Å². The van der Waals surface area contributed by atoms with Gasteiger partial charge in [-0.3, -0.25) is 4.79 Å². The molecular weight excluding hydrogens is 287 g/mol. The Bertz CT molecular complexity index is 652. The molecule has 0 aliphatic rings. The number of carbonyl (C=O) groups excluding carboxylic acids is 1. The first kappa shape index (κ1) is 16.1. The molecule has 20 heavy (non-hydrogen) atoms. The van der Waals surface area contributed by atoms with Crippen molar-refractivity contribution in [2.45, 2.75) is 18.7 Å². The molecular formula is C12H13FN2O4S. The molecule has 1 rings (SSSR count). The SMILES string of the molecule is COC(=O)C(C)S(=O)(=O)NCc1ccc(C#N)cc1F. The fourth-order valence-electron chi connectivity index (χ4n) is 1.36. The minimum Gasteiger partial charge on any atom is -0.468 e. The van der Waals surface area contributed by atoms with Crippen LogP contribution in [0.2, 0.25) is 0 Å². The van der Waals surface area contributed by atoms with Crippen LogP contribution in [0.25, 0.3) is 0 Å². The molecule has 0 saturated heterocycles. The fourth-order valence-corrected chi connectivity index (χ4v) is 2.31. The normalized spacial score (nSPS) is 12.5. The average molecular weight is 300 g/mol. The Morgan fingerprint density at radius 3 is 2.70 bits per heavy atom. The maximum absolute atomic E-state index is 13.6. The number of halogens is 1. The molecule has 0 amide bonds. The molecule has 1 aromatic carbocycles. The summed E-state index contributed by atoms with van der Waals surface area (Å²) in [4.78, 5) is 11.2. The predicted octanol–water partition coefficient (Wildman–Crippen LogP) is 0.678. The van der Waals surface area contributed by atoms with Crippen LogP contribution in [0.5, 0.6) is 0 Å². The van der Waals surface area contributed by atoms with Crippen LogP contribution in [-0.4, -0.2) is 26.7 Å². The van der Waals surface area contributed by atoms with Crippen LogP contribution in [0, 0.1) is 17.1 Å². The number of methoxy groups -OCH3 is 1. The number of esters is 1. The summed E-state index contributed by atoms with van der Waals surface area (Å²) in [6.45, 7) is 0.852. The quantitative estimate of drug-likeness (QED) is 0.807. The average Bonchev–Trinajstić information content (AvgIpc) is 2.44. The molecule has 1 aromatic rings. The molecule has 108 valence electrons. The number of sulfonamides is 1. The summed E-state index contributed by atoms with van der Waals surface area (Å²) in [6.07, 6.45) is 0. The van der Waals surface area contributed by atoms with Gasteiger partial charge in [0.2, 0.25) is 10.0 Å². The smallest absolute Gasteiger partial charge is 0.325 e. The van der Waals surface area contributed by atoms with E-state index in [2.05, 4.69) is 9.46 Å². The van der Waals surface area contributed by atoms with Crippen molar-refractivity contribution in [3.8, 4) is 6.07 Å². The highest BCUT2D eigenvalue weighted by Gasteiger charge is 2.28. The minimum absolute atomic E-state index is 0.0737. The second kappa shape index (κ2) is 6.45. The maximum atomic E-state index is 13.6. The third kappa shape index (κ3) is 3.76. The fraction of sp³-hybridized carbons (Fsp3) is 0.333. The monoisotopic (exact) mass is 300 g/mol. The standard InChI is InChI=1S/C12H13FN2O4S/c1-8(12(16)19-2)20(17,18)15-7-10-4-3-9(6-14)5-11(10)13/h3-5,8,15H,7H2,1-2H3. The molecule has 0 aliphatic carbocycles. The van der Waals surface area contributed by atoms with E-state index in [1.165, 1.54) is 19.1 Å². The highest BCUT2D eigenvalue weighted by atomic mass is 32.2. The van der Waals surface area contributed by atoms with Crippen molar-refractivity contribution in [1.29, 1.82) is 5.26 Å². The van der Waals surface area contributed by atoms with Crippen LogP contribution >= 0.6 is 0 Å². The molecule has 1 atom stereocenters. The van der Waals surface area contributed by atoms with E-state index >= 15 is 0 Å². The Balaban J connectivity index is 2.82. The Labute approximate surface area is 116 Å². The third-order valence-corrected chi connectivity index (χ3v) is 4.31. The van der Waals surface area contributed by atoms with E-state index < -0.39 is 27.1 Å². The zero-order valence-electron chi connectivity index (χ0n) is 10.9. The van der Waals surface area contributed by atoms with Gasteiger partial charge in [-0.2, -0.15) is 5.26 Å². The van der Waals surface area contributed by atoms with Crippen molar-refractivity contribution < 1.29 is 22.3 Å². The van der Waals surface area contributed by atoms with E-state index in [1.807, 2.05) is 0 Å². The second-order valence-electron chi connectivity index (χ2n) is 3.95. The highest BCUT2D eigenvalue weighted by Crippen LogP contribution is 2.11. The lowest BCUT2D eigenvalue weighted by molar-refractivity contribution is -0.139. The van der Waals surface area contributed by atoms with Gasteiger partial charge in [-0.15, -0.1) is 0 Å². The zero-order chi connectivity index (χ0) is 15.3. The van der Waals surface area contributed by atoms with Gasteiger partial charge in [0.1, 0.15) is 5.82 Å². The number of carbonyl (C=O) groups is 1. The summed E-state index contributed by atoms with van der Waals surface area (Å²) in [5.41, 5.74) is 0.210. The van der Waals surface area contributed by atoms with Crippen LogP contribution < -0.4 is 4.72 Å². The maximum Gasteiger partial charge on any atom is 0.325 e. The van der Waals surface area contributed by atoms with Gasteiger partial charge in [0.05, 0.1) is 18.7 Å². The molecule has 1 unspecified atom stereocenters. The van der Waals surface area contributed by atoms with Gasteiger partial charge in [-0.05, 0) is 19.1 Å². The lowest BCUT2D eigenvalue weighted by Crippen LogP contribution is -2.37. The summed E-state index contributed by atoms with van der Waals surface area (Å²) in [7, 11) is -2.88. The number of hydrogen-bond donors (Lipinski definition) is 1. The van der Waals surface area contributed by atoms with Crippen LogP contribution in [0.15, 0.2) is 18.2 Å². The summed E-state index contributed by atoms with van der Waals surface area (Å²) in [5, 5.41) is 7.20. The first-order valence-corrected chi connectivity index (χ1v) is 7.11. The minimum atomic E-state index is -3.96. The van der Waals surface area contributed by atoms with Crippen molar-refractivity contribution in [2.24, 2.45) is 0 Å². The number of nitrogens with zero attached hydrogens (tertiary/aromatic N) is 1. The number of nitriles is 1. The number of ether oxygens (including phenoxy) is 1. The van der Waals surface area contributed by atoms with Crippen molar-refractivity contribution in [2.75, 3.05) is 7.11 Å². The van der Waals surface area contributed by atoms with Gasteiger partial charge >= 0.3 is 5.97 Å². The Morgan fingerprint density at radius 1 is 1.55 bits per heavy atom. The number of nitrogens with one attached hydrogen (secondary N) is 1. The first-order valence-electron chi connectivity index (χ1n) is 5.56. The van der Waals surface area contributed by atoms with Crippen LogP contribution in [0.3, 0.4) is 0 Å². The van der Waals surface area contributed by atoms with Crippen molar-refractivity contribution >= 4 is 16.0 Å². The van der Waals surface area contributed by atoms with Gasteiger partial charge in [0.15, 0.2) is 5.25 Å². The van der Waals surface area contributed by atoms with Gasteiger partial charge in [-0.1, -0.05) is 6.07 Å². The van der Waals surface area contributed by atoms with E-state index in [4.69, 9.17) is 5.26 Å². The molecule has 0 saturated carbocycles. The number of hydrogen-bond acceptors (Lipinski definition) is 5. The Kier molecular flexibility index (Phi) is 5.19. The summed E-state index contributed by atoms with van der Waals surface area (Å²) < 4.78 is 43.5. The molecule has 0 spiro atoms. The van der Waals surface area contributed by atoms with Gasteiger partial charge in [0.25, 0.3) is 0 Å². The number of rotatable bonds is 5. The van der Waals surface area contributed by atoms with Gasteiger partial charge < -0.3 is 4.74 Å². The lowest BCUT2D eigenvalue weighted by Gasteiger charge is -2.12. The Hall–Kier alpha value is -1.98. The van der Waals surface area contributed by atoms with E-state index in [-0.39, 0.29) is 17.7 Å². The molecule has 0 aromatic heterocycles. The van der Waals surface area contributed by atoms with Crippen LogP contribution in [-0.2, 0) is 26.1 Å². The van der Waals surface area contributed by atoms with E-state index in [1.54, 1.807) is 6.07 Å². The topological polar surface area (TPSA) is 96.3 Å². The summed E-state index contributed by atoms with van der Waals surface area (Å²) in [6, 6.07) is 5.45. The molecule has 0 heterocycles. The third-order valence-electron chi connectivity index (χ3n) is 2.64. The molecule has 0 aliphatic heterocycles. The van der Waals surface area contributed by atoms with Gasteiger partial charge in [-0.25, -0.2) is 17.5 Å². The van der Waals surface area contributed by atoms with Crippen LogP contribution in [0.1, 0.15) is 18.1 Å². The van der Waals surface area contributed by atoms with E-state index in [0.717, 1.165) is 13.2 Å². The molecule has 6 nitrogen and oxygen atoms in total.